The third-order valence-corrected chi connectivity index (χ3v) is 6.05. The molecule has 31 heavy (non-hydrogen) atoms. The fourth-order valence-corrected chi connectivity index (χ4v) is 4.52. The van der Waals surface area contributed by atoms with Crippen LogP contribution in [0.25, 0.3) is 0 Å². The van der Waals surface area contributed by atoms with Gasteiger partial charge >= 0.3 is 6.18 Å². The maximum atomic E-state index is 12.8. The standard InChI is InChI=1S/C19H13ClF3NO4S.CH4O/c20-13-7-9(19(21,22)23)1-4-14(13)28-10-2-3-11-12(5-6-27-15(11)8-10)16-17(25)24-18(26)29-16;1-2/h1-4,7-8,12,16H,5-6H2,(H,24,25,26);2H,1H3. The second kappa shape index (κ2) is 9.37. The number of ether oxygens (including phenoxy) is 2. The fraction of sp³-hybridized carbons (Fsp3) is 0.300. The number of nitrogens with one attached hydrogen (secondary N) is 1. The molecule has 1 fully saturated rings. The Hall–Kier alpha value is -2.43. The molecule has 2 aromatic rings. The van der Waals surface area contributed by atoms with Gasteiger partial charge in [0.05, 0.1) is 17.2 Å². The molecule has 2 aliphatic heterocycles. The van der Waals surface area contributed by atoms with E-state index >= 15 is 0 Å². The van der Waals surface area contributed by atoms with Gasteiger partial charge in [0, 0.05) is 19.1 Å². The second-order valence-electron chi connectivity index (χ2n) is 6.50. The molecule has 2 aromatic carbocycles. The van der Waals surface area contributed by atoms with Crippen LogP contribution in [0, 0.1) is 0 Å². The molecule has 0 saturated carbocycles. The number of halogens is 4. The summed E-state index contributed by atoms with van der Waals surface area (Å²) < 4.78 is 49.6. The molecule has 2 unspecified atom stereocenters. The second-order valence-corrected chi connectivity index (χ2v) is 8.03. The van der Waals surface area contributed by atoms with Gasteiger partial charge in [-0.25, -0.2) is 0 Å². The van der Waals surface area contributed by atoms with Crippen LogP contribution in [0.1, 0.15) is 23.5 Å². The number of amides is 2. The average molecular weight is 476 g/mol. The van der Waals surface area contributed by atoms with E-state index in [2.05, 4.69) is 5.32 Å². The molecule has 11 heteroatoms. The number of carbonyl (C=O) groups is 2. The number of hydrogen-bond donors (Lipinski definition) is 2. The van der Waals surface area contributed by atoms with E-state index in [1.54, 1.807) is 18.2 Å². The van der Waals surface area contributed by atoms with Crippen molar-refractivity contribution < 1.29 is 37.3 Å². The normalized spacial score (nSPS) is 20.2. The van der Waals surface area contributed by atoms with Crippen molar-refractivity contribution in [3.63, 3.8) is 0 Å². The zero-order chi connectivity index (χ0) is 22.8. The summed E-state index contributed by atoms with van der Waals surface area (Å²) in [5.74, 6) is 0.372. The van der Waals surface area contributed by atoms with Gasteiger partial charge < -0.3 is 14.6 Å². The lowest BCUT2D eigenvalue weighted by Gasteiger charge is -2.28. The van der Waals surface area contributed by atoms with Crippen molar-refractivity contribution in [1.82, 2.24) is 5.32 Å². The number of thioether (sulfide) groups is 1. The highest BCUT2D eigenvalue weighted by molar-refractivity contribution is 8.15. The summed E-state index contributed by atoms with van der Waals surface area (Å²) in [5.41, 5.74) is -0.0992. The Labute approximate surface area is 184 Å². The monoisotopic (exact) mass is 475 g/mol. The van der Waals surface area contributed by atoms with Crippen molar-refractivity contribution in [2.24, 2.45) is 0 Å². The zero-order valence-electron chi connectivity index (χ0n) is 16.0. The van der Waals surface area contributed by atoms with Crippen LogP contribution >= 0.6 is 23.4 Å². The summed E-state index contributed by atoms with van der Waals surface area (Å²) >= 11 is 6.89. The first-order valence-electron chi connectivity index (χ1n) is 9.00. The van der Waals surface area contributed by atoms with Crippen LogP contribution in [0.5, 0.6) is 17.2 Å². The molecule has 1 saturated heterocycles. The van der Waals surface area contributed by atoms with Crippen LogP contribution in [0.2, 0.25) is 5.02 Å². The third kappa shape index (κ3) is 5.08. The Bertz CT molecular complexity index is 1000. The summed E-state index contributed by atoms with van der Waals surface area (Å²) in [6.45, 7) is 0.362. The molecule has 0 radical (unpaired) electrons. The number of carbonyl (C=O) groups excluding carboxylic acids is 2. The van der Waals surface area contributed by atoms with E-state index < -0.39 is 17.0 Å². The van der Waals surface area contributed by atoms with Gasteiger partial charge in [0.1, 0.15) is 22.5 Å². The molecule has 4 rings (SSSR count). The van der Waals surface area contributed by atoms with Crippen molar-refractivity contribution in [1.29, 1.82) is 0 Å². The lowest BCUT2D eigenvalue weighted by Crippen LogP contribution is -2.31. The van der Waals surface area contributed by atoms with Gasteiger partial charge in [0.15, 0.2) is 0 Å². The van der Waals surface area contributed by atoms with E-state index in [1.807, 2.05) is 0 Å². The SMILES string of the molecule is CO.O=C1NC(=O)C(C2CCOc3cc(Oc4ccc(C(F)(F)F)cc4Cl)ccc32)S1. The maximum absolute atomic E-state index is 12.8. The number of alkyl halides is 3. The van der Waals surface area contributed by atoms with Crippen LogP contribution in [0.4, 0.5) is 18.0 Å². The molecule has 0 bridgehead atoms. The van der Waals surface area contributed by atoms with Crippen LogP contribution < -0.4 is 14.8 Å². The van der Waals surface area contributed by atoms with Crippen molar-refractivity contribution in [3.8, 4) is 17.2 Å². The molecule has 0 spiro atoms. The molecular formula is C20H17ClF3NO5S. The predicted molar refractivity (Wildman–Crippen MR) is 109 cm³/mol. The molecular weight excluding hydrogens is 459 g/mol. The van der Waals surface area contributed by atoms with Gasteiger partial charge in [-0.2, -0.15) is 13.2 Å². The lowest BCUT2D eigenvalue weighted by atomic mass is 9.89. The highest BCUT2D eigenvalue weighted by Gasteiger charge is 2.41. The van der Waals surface area contributed by atoms with Gasteiger partial charge in [-0.15, -0.1) is 0 Å². The zero-order valence-corrected chi connectivity index (χ0v) is 17.6. The molecule has 166 valence electrons. The van der Waals surface area contributed by atoms with Gasteiger partial charge in [0.2, 0.25) is 5.91 Å². The Balaban J connectivity index is 0.00000132. The number of benzene rings is 2. The smallest absolute Gasteiger partial charge is 0.416 e. The van der Waals surface area contributed by atoms with Crippen LogP contribution in [0.15, 0.2) is 36.4 Å². The number of fused-ring (bicyclic) bond motifs is 1. The van der Waals surface area contributed by atoms with Gasteiger partial charge in [-0.1, -0.05) is 29.4 Å². The Morgan fingerprint density at radius 2 is 1.94 bits per heavy atom. The summed E-state index contributed by atoms with van der Waals surface area (Å²) in [4.78, 5) is 23.5. The molecule has 0 aromatic heterocycles. The molecule has 0 aliphatic carbocycles. The first kappa shape index (κ1) is 23.2. The minimum atomic E-state index is -4.50. The van der Waals surface area contributed by atoms with E-state index in [1.165, 1.54) is 0 Å². The molecule has 2 aliphatic rings. The van der Waals surface area contributed by atoms with Crippen molar-refractivity contribution in [2.45, 2.75) is 23.8 Å². The summed E-state index contributed by atoms with van der Waals surface area (Å²) in [7, 11) is 1.00. The first-order valence-corrected chi connectivity index (χ1v) is 10.3. The highest BCUT2D eigenvalue weighted by atomic mass is 35.5. The molecule has 2 heterocycles. The number of rotatable bonds is 3. The topological polar surface area (TPSA) is 84.9 Å². The van der Waals surface area contributed by atoms with E-state index in [0.717, 1.165) is 42.6 Å². The van der Waals surface area contributed by atoms with Gasteiger partial charge in [0.25, 0.3) is 5.24 Å². The number of hydrogen-bond acceptors (Lipinski definition) is 6. The minimum Gasteiger partial charge on any atom is -0.493 e. The van der Waals surface area contributed by atoms with Gasteiger partial charge in [-0.05, 0) is 36.2 Å². The highest BCUT2D eigenvalue weighted by Crippen LogP contribution is 2.44. The number of imide groups is 1. The fourth-order valence-electron chi connectivity index (χ4n) is 3.30. The van der Waals surface area contributed by atoms with Crippen LogP contribution in [-0.2, 0) is 11.0 Å². The Morgan fingerprint density at radius 3 is 2.55 bits per heavy atom. The molecule has 6 nitrogen and oxygen atoms in total. The van der Waals surface area contributed by atoms with Crippen LogP contribution in [-0.4, -0.2) is 35.2 Å². The summed E-state index contributed by atoms with van der Waals surface area (Å²) in [5, 5.41) is 8.22. The third-order valence-electron chi connectivity index (χ3n) is 4.64. The van der Waals surface area contributed by atoms with E-state index in [4.69, 9.17) is 26.2 Å². The maximum Gasteiger partial charge on any atom is 0.416 e. The minimum absolute atomic E-state index is 0.0725. The van der Waals surface area contributed by atoms with Crippen LogP contribution in [0.3, 0.4) is 0 Å². The Kier molecular flexibility index (Phi) is 7.03. The average Bonchev–Trinajstić information content (AvgIpc) is 3.07. The van der Waals surface area contributed by atoms with E-state index in [-0.39, 0.29) is 27.8 Å². The summed E-state index contributed by atoms with van der Waals surface area (Å²) in [6, 6.07) is 7.78. The molecule has 2 amide bonds. The number of aliphatic hydroxyl groups is 1. The Morgan fingerprint density at radius 1 is 1.19 bits per heavy atom. The number of aliphatic hydroxyl groups excluding tert-OH is 1. The predicted octanol–water partition coefficient (Wildman–Crippen LogP) is 4.98. The summed E-state index contributed by atoms with van der Waals surface area (Å²) in [6.07, 6.45) is -3.92. The quantitative estimate of drug-likeness (QED) is 0.651. The van der Waals surface area contributed by atoms with E-state index in [9.17, 15) is 22.8 Å². The largest absolute Gasteiger partial charge is 0.493 e. The lowest BCUT2D eigenvalue weighted by molar-refractivity contribution is -0.137. The van der Waals surface area contributed by atoms with E-state index in [0.29, 0.717) is 24.5 Å². The van der Waals surface area contributed by atoms with Crippen molar-refractivity contribution in [2.75, 3.05) is 13.7 Å². The molecule has 2 atom stereocenters. The first-order chi connectivity index (χ1) is 14.7. The van der Waals surface area contributed by atoms with Gasteiger partial charge in [-0.3, -0.25) is 14.9 Å². The van der Waals surface area contributed by atoms with Crippen molar-refractivity contribution in [3.05, 3.63) is 52.5 Å². The molecule has 2 N–H and O–H groups in total. The van der Waals surface area contributed by atoms with Crippen molar-refractivity contribution >= 4 is 34.5 Å².